The van der Waals surface area contributed by atoms with Gasteiger partial charge >= 0.3 is 0 Å². The van der Waals surface area contributed by atoms with E-state index in [4.69, 9.17) is 0 Å². The van der Waals surface area contributed by atoms with Crippen molar-refractivity contribution < 1.29 is 8.42 Å². The highest BCUT2D eigenvalue weighted by atomic mass is 32.2. The van der Waals surface area contributed by atoms with Crippen LogP contribution in [-0.2, 0) is 10.0 Å². The molecule has 1 N–H and O–H groups in total. The fourth-order valence-corrected chi connectivity index (χ4v) is 5.63. The number of piperazine rings is 1. The lowest BCUT2D eigenvalue weighted by atomic mass is 9.80. The average Bonchev–Trinajstić information content (AvgIpc) is 3.14. The molecule has 4 nitrogen and oxygen atoms in total. The minimum atomic E-state index is -3.00. The minimum absolute atomic E-state index is 0.0561. The van der Waals surface area contributed by atoms with Gasteiger partial charge in [-0.25, -0.2) is 8.42 Å². The summed E-state index contributed by atoms with van der Waals surface area (Å²) in [5.41, 5.74) is -0.0854. The van der Waals surface area contributed by atoms with Gasteiger partial charge in [-0.2, -0.15) is 4.31 Å². The molecule has 0 amide bonds. The SMILES string of the molecule is O=S(=O)(C1CC1)N1CCNCC12CCCCC2. The molecule has 0 unspecified atom stereocenters. The Bertz CT molecular complexity index is 375. The molecule has 17 heavy (non-hydrogen) atoms. The molecule has 0 aromatic carbocycles. The zero-order chi connectivity index (χ0) is 11.9. The molecule has 3 fully saturated rings. The molecule has 0 aromatic rings. The maximum Gasteiger partial charge on any atom is 0.217 e. The van der Waals surface area contributed by atoms with E-state index in [9.17, 15) is 8.42 Å². The molecular weight excluding hydrogens is 236 g/mol. The topological polar surface area (TPSA) is 49.4 Å². The molecule has 1 aliphatic heterocycles. The molecule has 5 heteroatoms. The van der Waals surface area contributed by atoms with Crippen molar-refractivity contribution in [1.82, 2.24) is 9.62 Å². The van der Waals surface area contributed by atoms with Crippen molar-refractivity contribution in [3.63, 3.8) is 0 Å². The summed E-state index contributed by atoms with van der Waals surface area (Å²) in [6, 6.07) is 0. The van der Waals surface area contributed by atoms with Gasteiger partial charge in [-0.3, -0.25) is 0 Å². The van der Waals surface area contributed by atoms with Gasteiger partial charge in [-0.1, -0.05) is 19.3 Å². The highest BCUT2D eigenvalue weighted by molar-refractivity contribution is 7.90. The third kappa shape index (κ3) is 2.02. The molecule has 2 saturated carbocycles. The second-order valence-corrected chi connectivity index (χ2v) is 7.92. The van der Waals surface area contributed by atoms with Gasteiger partial charge < -0.3 is 5.32 Å². The number of rotatable bonds is 2. The fourth-order valence-electron chi connectivity index (χ4n) is 3.41. The zero-order valence-corrected chi connectivity index (χ0v) is 11.1. The molecule has 1 spiro atoms. The van der Waals surface area contributed by atoms with Crippen LogP contribution in [0.1, 0.15) is 44.9 Å². The van der Waals surface area contributed by atoms with Gasteiger partial charge in [0.2, 0.25) is 10.0 Å². The normalized spacial score (nSPS) is 30.6. The lowest BCUT2D eigenvalue weighted by Gasteiger charge is -2.48. The molecule has 0 bridgehead atoms. The number of nitrogens with one attached hydrogen (secondary N) is 1. The first-order valence-electron chi connectivity index (χ1n) is 6.88. The van der Waals surface area contributed by atoms with Crippen LogP contribution in [-0.4, -0.2) is 43.1 Å². The number of hydrogen-bond acceptors (Lipinski definition) is 3. The molecule has 0 radical (unpaired) electrons. The Morgan fingerprint density at radius 1 is 1.12 bits per heavy atom. The summed E-state index contributed by atoms with van der Waals surface area (Å²) < 4.78 is 26.9. The Morgan fingerprint density at radius 3 is 2.47 bits per heavy atom. The first-order chi connectivity index (χ1) is 8.15. The molecular formula is C12H22N2O2S. The molecule has 1 heterocycles. The summed E-state index contributed by atoms with van der Waals surface area (Å²) in [6.45, 7) is 2.35. The Balaban J connectivity index is 1.89. The quantitative estimate of drug-likeness (QED) is 0.806. The van der Waals surface area contributed by atoms with Gasteiger partial charge in [0.25, 0.3) is 0 Å². The van der Waals surface area contributed by atoms with Crippen molar-refractivity contribution in [1.29, 1.82) is 0 Å². The monoisotopic (exact) mass is 258 g/mol. The van der Waals surface area contributed by atoms with E-state index >= 15 is 0 Å². The average molecular weight is 258 g/mol. The maximum absolute atomic E-state index is 12.5. The molecule has 0 atom stereocenters. The molecule has 0 aromatic heterocycles. The third-order valence-corrected chi connectivity index (χ3v) is 7.01. The van der Waals surface area contributed by atoms with Crippen LogP contribution in [0.2, 0.25) is 0 Å². The van der Waals surface area contributed by atoms with E-state index < -0.39 is 10.0 Å². The summed E-state index contributed by atoms with van der Waals surface area (Å²) in [6.07, 6.45) is 7.47. The smallest absolute Gasteiger partial charge is 0.217 e. The highest BCUT2D eigenvalue weighted by Gasteiger charge is 2.50. The standard InChI is InChI=1S/C12H22N2O2S/c15-17(16,11-4-5-11)14-9-8-13-10-12(14)6-2-1-3-7-12/h11,13H,1-10H2. The van der Waals surface area contributed by atoms with Crippen molar-refractivity contribution in [3.05, 3.63) is 0 Å². The van der Waals surface area contributed by atoms with Gasteiger partial charge in [0.1, 0.15) is 0 Å². The minimum Gasteiger partial charge on any atom is -0.314 e. The number of nitrogens with zero attached hydrogens (tertiary/aromatic N) is 1. The van der Waals surface area contributed by atoms with Crippen molar-refractivity contribution in [2.75, 3.05) is 19.6 Å². The van der Waals surface area contributed by atoms with Crippen molar-refractivity contribution in [2.45, 2.75) is 55.7 Å². The fraction of sp³-hybridized carbons (Fsp3) is 1.00. The Labute approximate surface area is 104 Å². The number of hydrogen-bond donors (Lipinski definition) is 1. The van der Waals surface area contributed by atoms with Gasteiger partial charge in [0, 0.05) is 25.2 Å². The van der Waals surface area contributed by atoms with Gasteiger partial charge in [-0.15, -0.1) is 0 Å². The molecule has 3 rings (SSSR count). The second-order valence-electron chi connectivity index (χ2n) is 5.78. The van der Waals surface area contributed by atoms with Gasteiger partial charge in [0.15, 0.2) is 0 Å². The van der Waals surface area contributed by atoms with E-state index in [-0.39, 0.29) is 10.8 Å². The van der Waals surface area contributed by atoms with Crippen molar-refractivity contribution in [3.8, 4) is 0 Å². The number of sulfonamides is 1. The van der Waals surface area contributed by atoms with Crippen LogP contribution in [0.5, 0.6) is 0 Å². The Hall–Kier alpha value is -0.130. The Kier molecular flexibility index (Phi) is 2.96. The zero-order valence-electron chi connectivity index (χ0n) is 10.3. The van der Waals surface area contributed by atoms with E-state index in [1.807, 2.05) is 4.31 Å². The van der Waals surface area contributed by atoms with Gasteiger partial charge in [0.05, 0.1) is 5.25 Å². The lowest BCUT2D eigenvalue weighted by molar-refractivity contribution is 0.101. The second kappa shape index (κ2) is 4.21. The van der Waals surface area contributed by atoms with E-state index in [1.54, 1.807) is 0 Å². The molecule has 1 saturated heterocycles. The van der Waals surface area contributed by atoms with Crippen LogP contribution < -0.4 is 5.32 Å². The van der Waals surface area contributed by atoms with Crippen molar-refractivity contribution >= 4 is 10.0 Å². The van der Waals surface area contributed by atoms with E-state index in [0.717, 1.165) is 38.8 Å². The van der Waals surface area contributed by atoms with Crippen LogP contribution in [0.15, 0.2) is 0 Å². The first-order valence-corrected chi connectivity index (χ1v) is 8.38. The van der Waals surface area contributed by atoms with Crippen LogP contribution in [0.3, 0.4) is 0 Å². The lowest BCUT2D eigenvalue weighted by Crippen LogP contribution is -2.64. The van der Waals surface area contributed by atoms with Crippen LogP contribution in [0, 0.1) is 0 Å². The molecule has 2 aliphatic carbocycles. The molecule has 98 valence electrons. The maximum atomic E-state index is 12.5. The van der Waals surface area contributed by atoms with E-state index in [2.05, 4.69) is 5.32 Å². The van der Waals surface area contributed by atoms with Crippen LogP contribution in [0.25, 0.3) is 0 Å². The largest absolute Gasteiger partial charge is 0.314 e. The third-order valence-electron chi connectivity index (χ3n) is 4.51. The summed E-state index contributed by atoms with van der Waals surface area (Å²) in [4.78, 5) is 0. The predicted octanol–water partition coefficient (Wildman–Crippen LogP) is 1.09. The summed E-state index contributed by atoms with van der Waals surface area (Å²) in [5, 5.41) is 3.34. The summed E-state index contributed by atoms with van der Waals surface area (Å²) >= 11 is 0. The predicted molar refractivity (Wildman–Crippen MR) is 67.3 cm³/mol. The van der Waals surface area contributed by atoms with Crippen LogP contribution >= 0.6 is 0 Å². The van der Waals surface area contributed by atoms with Gasteiger partial charge in [-0.05, 0) is 25.7 Å². The van der Waals surface area contributed by atoms with Crippen LogP contribution in [0.4, 0.5) is 0 Å². The first kappa shape index (κ1) is 11.9. The Morgan fingerprint density at radius 2 is 1.82 bits per heavy atom. The van der Waals surface area contributed by atoms with E-state index in [0.29, 0.717) is 6.54 Å². The van der Waals surface area contributed by atoms with E-state index in [1.165, 1.54) is 19.3 Å². The molecule has 3 aliphatic rings. The highest BCUT2D eigenvalue weighted by Crippen LogP contribution is 2.41. The summed E-state index contributed by atoms with van der Waals surface area (Å²) in [7, 11) is -3.00. The summed E-state index contributed by atoms with van der Waals surface area (Å²) in [5.74, 6) is 0. The van der Waals surface area contributed by atoms with Crippen molar-refractivity contribution in [2.24, 2.45) is 0 Å².